The fourth-order valence-corrected chi connectivity index (χ4v) is 4.30. The molecule has 0 atom stereocenters. The van der Waals surface area contributed by atoms with Crippen LogP contribution in [0.2, 0.25) is 5.02 Å². The lowest BCUT2D eigenvalue weighted by Gasteiger charge is -2.34. The average molecular weight is 401 g/mol. The number of carbonyl (C=O) groups is 1. The molecule has 0 aromatic heterocycles. The summed E-state index contributed by atoms with van der Waals surface area (Å²) < 4.78 is 54.0. The van der Waals surface area contributed by atoms with Crippen molar-refractivity contribution in [2.75, 3.05) is 26.2 Å². The van der Waals surface area contributed by atoms with Gasteiger partial charge in [0, 0.05) is 31.2 Å². The molecule has 1 heterocycles. The SMILES string of the molecule is O=C(c1c(F)cccc1F)N1CCN(S(=O)(=O)c2ccc(Cl)cc2)CC1. The molecule has 0 aliphatic carbocycles. The molecule has 1 amide bonds. The third-order valence-corrected chi connectivity index (χ3v) is 6.32. The van der Waals surface area contributed by atoms with Crippen molar-refractivity contribution in [2.24, 2.45) is 0 Å². The van der Waals surface area contributed by atoms with Crippen LogP contribution in [0, 0.1) is 11.6 Å². The number of hydrogen-bond donors (Lipinski definition) is 0. The highest BCUT2D eigenvalue weighted by Gasteiger charge is 2.32. The van der Waals surface area contributed by atoms with E-state index < -0.39 is 33.1 Å². The van der Waals surface area contributed by atoms with Gasteiger partial charge in [-0.1, -0.05) is 17.7 Å². The van der Waals surface area contributed by atoms with Crippen LogP contribution in [0.1, 0.15) is 10.4 Å². The molecule has 9 heteroatoms. The number of rotatable bonds is 3. The van der Waals surface area contributed by atoms with E-state index in [2.05, 4.69) is 0 Å². The van der Waals surface area contributed by atoms with Crippen LogP contribution in [0.5, 0.6) is 0 Å². The van der Waals surface area contributed by atoms with Gasteiger partial charge in [-0.15, -0.1) is 0 Å². The standard InChI is InChI=1S/C17H15ClF2N2O3S/c18-12-4-6-13(7-5-12)26(24,25)22-10-8-21(9-11-22)17(23)16-14(19)2-1-3-15(16)20/h1-7H,8-11H2. The largest absolute Gasteiger partial charge is 0.336 e. The molecule has 1 saturated heterocycles. The van der Waals surface area contributed by atoms with Gasteiger partial charge < -0.3 is 4.90 Å². The predicted octanol–water partition coefficient (Wildman–Crippen LogP) is 2.76. The van der Waals surface area contributed by atoms with E-state index in [1.807, 2.05) is 0 Å². The van der Waals surface area contributed by atoms with E-state index >= 15 is 0 Å². The van der Waals surface area contributed by atoms with Crippen LogP contribution in [-0.4, -0.2) is 49.7 Å². The van der Waals surface area contributed by atoms with E-state index in [1.165, 1.54) is 39.5 Å². The molecule has 1 fully saturated rings. The van der Waals surface area contributed by atoms with Crippen LogP contribution in [0.3, 0.4) is 0 Å². The third kappa shape index (κ3) is 3.58. The summed E-state index contributed by atoms with van der Waals surface area (Å²) in [6.45, 7) is 0.151. The number of halogens is 3. The first-order chi connectivity index (χ1) is 12.3. The van der Waals surface area contributed by atoms with Crippen LogP contribution < -0.4 is 0 Å². The van der Waals surface area contributed by atoms with Crippen molar-refractivity contribution in [1.82, 2.24) is 9.21 Å². The minimum Gasteiger partial charge on any atom is -0.336 e. The zero-order valence-electron chi connectivity index (χ0n) is 13.5. The molecule has 0 radical (unpaired) electrons. The maximum absolute atomic E-state index is 13.8. The van der Waals surface area contributed by atoms with Crippen molar-refractivity contribution < 1.29 is 22.0 Å². The van der Waals surface area contributed by atoms with Gasteiger partial charge in [0.1, 0.15) is 17.2 Å². The molecule has 0 N–H and O–H groups in total. The van der Waals surface area contributed by atoms with E-state index in [9.17, 15) is 22.0 Å². The molecule has 2 aromatic carbocycles. The molecule has 0 unspecified atom stereocenters. The molecule has 2 aromatic rings. The Morgan fingerprint density at radius 2 is 1.46 bits per heavy atom. The summed E-state index contributed by atoms with van der Waals surface area (Å²) in [4.78, 5) is 13.7. The van der Waals surface area contributed by atoms with Crippen molar-refractivity contribution in [1.29, 1.82) is 0 Å². The van der Waals surface area contributed by atoms with Crippen LogP contribution in [0.25, 0.3) is 0 Å². The molecule has 138 valence electrons. The number of amides is 1. The Bertz CT molecular complexity index is 907. The first-order valence-electron chi connectivity index (χ1n) is 7.80. The Morgan fingerprint density at radius 1 is 0.923 bits per heavy atom. The van der Waals surface area contributed by atoms with Gasteiger partial charge in [0.2, 0.25) is 10.0 Å². The minimum absolute atomic E-state index is 0.0345. The predicted molar refractivity (Wildman–Crippen MR) is 92.5 cm³/mol. The van der Waals surface area contributed by atoms with E-state index in [0.29, 0.717) is 5.02 Å². The molecule has 0 bridgehead atoms. The van der Waals surface area contributed by atoms with Crippen LogP contribution in [-0.2, 0) is 10.0 Å². The number of hydrogen-bond acceptors (Lipinski definition) is 3. The smallest absolute Gasteiger partial charge is 0.259 e. The maximum atomic E-state index is 13.8. The van der Waals surface area contributed by atoms with E-state index in [-0.39, 0.29) is 31.1 Å². The summed E-state index contributed by atoms with van der Waals surface area (Å²) in [5, 5.41) is 0.422. The van der Waals surface area contributed by atoms with Gasteiger partial charge in [-0.3, -0.25) is 4.79 Å². The van der Waals surface area contributed by atoms with E-state index in [1.54, 1.807) is 0 Å². The van der Waals surface area contributed by atoms with Gasteiger partial charge in [-0.2, -0.15) is 4.31 Å². The topological polar surface area (TPSA) is 57.7 Å². The first kappa shape index (κ1) is 18.8. The van der Waals surface area contributed by atoms with Crippen molar-refractivity contribution in [3.63, 3.8) is 0 Å². The molecular weight excluding hydrogens is 386 g/mol. The number of carbonyl (C=O) groups excluding carboxylic acids is 1. The summed E-state index contributed by atoms with van der Waals surface area (Å²) in [5.41, 5.74) is -0.624. The monoisotopic (exact) mass is 400 g/mol. The summed E-state index contributed by atoms with van der Waals surface area (Å²) in [6.07, 6.45) is 0. The van der Waals surface area contributed by atoms with Crippen LogP contribution in [0.15, 0.2) is 47.4 Å². The summed E-state index contributed by atoms with van der Waals surface area (Å²) in [6, 6.07) is 8.98. The Kier molecular flexibility index (Phi) is 5.27. The molecule has 26 heavy (non-hydrogen) atoms. The van der Waals surface area contributed by atoms with Gasteiger partial charge in [0.15, 0.2) is 0 Å². The number of nitrogens with zero attached hydrogens (tertiary/aromatic N) is 2. The molecular formula is C17H15ClF2N2O3S. The van der Waals surface area contributed by atoms with Crippen molar-refractivity contribution in [3.05, 3.63) is 64.7 Å². The number of benzene rings is 2. The fourth-order valence-electron chi connectivity index (χ4n) is 2.75. The van der Waals surface area contributed by atoms with Gasteiger partial charge in [-0.05, 0) is 36.4 Å². The molecule has 0 spiro atoms. The number of sulfonamides is 1. The second kappa shape index (κ2) is 7.30. The summed E-state index contributed by atoms with van der Waals surface area (Å²) in [7, 11) is -3.72. The van der Waals surface area contributed by atoms with Gasteiger partial charge in [-0.25, -0.2) is 17.2 Å². The molecule has 0 saturated carbocycles. The Labute approximate surface area is 154 Å². The highest BCUT2D eigenvalue weighted by atomic mass is 35.5. The minimum atomic E-state index is -3.72. The Hall–Kier alpha value is -2.03. The molecule has 1 aliphatic rings. The van der Waals surface area contributed by atoms with Gasteiger partial charge in [0.25, 0.3) is 5.91 Å². The second-order valence-electron chi connectivity index (χ2n) is 5.75. The highest BCUT2D eigenvalue weighted by molar-refractivity contribution is 7.89. The van der Waals surface area contributed by atoms with Gasteiger partial charge in [0.05, 0.1) is 4.90 Å². The zero-order valence-corrected chi connectivity index (χ0v) is 15.1. The summed E-state index contributed by atoms with van der Waals surface area (Å²) in [5.74, 6) is -2.67. The van der Waals surface area contributed by atoms with Crippen LogP contribution >= 0.6 is 11.6 Å². The first-order valence-corrected chi connectivity index (χ1v) is 9.61. The average Bonchev–Trinajstić information content (AvgIpc) is 2.62. The van der Waals surface area contributed by atoms with E-state index in [4.69, 9.17) is 11.6 Å². The highest BCUT2D eigenvalue weighted by Crippen LogP contribution is 2.21. The second-order valence-corrected chi connectivity index (χ2v) is 8.12. The lowest BCUT2D eigenvalue weighted by atomic mass is 10.1. The van der Waals surface area contributed by atoms with Crippen molar-refractivity contribution in [3.8, 4) is 0 Å². The quantitative estimate of drug-likeness (QED) is 0.796. The van der Waals surface area contributed by atoms with Gasteiger partial charge >= 0.3 is 0 Å². The lowest BCUT2D eigenvalue weighted by molar-refractivity contribution is 0.0688. The maximum Gasteiger partial charge on any atom is 0.259 e. The summed E-state index contributed by atoms with van der Waals surface area (Å²) >= 11 is 5.77. The van der Waals surface area contributed by atoms with Crippen molar-refractivity contribution >= 4 is 27.5 Å². The fraction of sp³-hybridized carbons (Fsp3) is 0.235. The van der Waals surface area contributed by atoms with Crippen molar-refractivity contribution in [2.45, 2.75) is 4.90 Å². The lowest BCUT2D eigenvalue weighted by Crippen LogP contribution is -2.50. The molecule has 1 aliphatic heterocycles. The molecule has 3 rings (SSSR count). The Morgan fingerprint density at radius 3 is 2.00 bits per heavy atom. The number of piperazine rings is 1. The van der Waals surface area contributed by atoms with Crippen LogP contribution in [0.4, 0.5) is 8.78 Å². The normalized spacial score (nSPS) is 15.9. The third-order valence-electron chi connectivity index (χ3n) is 4.15. The zero-order chi connectivity index (χ0) is 18.9. The molecule has 5 nitrogen and oxygen atoms in total. The Balaban J connectivity index is 1.73. The van der Waals surface area contributed by atoms with E-state index in [0.717, 1.165) is 12.1 Å².